The Morgan fingerprint density at radius 2 is 1.91 bits per heavy atom. The van der Waals surface area contributed by atoms with Gasteiger partial charge in [-0.3, -0.25) is 4.79 Å². The molecule has 0 saturated carbocycles. The highest BCUT2D eigenvalue weighted by molar-refractivity contribution is 9.09. The summed E-state index contributed by atoms with van der Waals surface area (Å²) in [6.07, 6.45) is 2.52. The first kappa shape index (κ1) is 19.8. The maximum atomic E-state index is 12.3. The van der Waals surface area contributed by atoms with Gasteiger partial charge in [0.05, 0.1) is 19.5 Å². The Morgan fingerprint density at radius 3 is 2.39 bits per heavy atom. The molecule has 128 valence electrons. The Labute approximate surface area is 149 Å². The predicted octanol–water partition coefficient (Wildman–Crippen LogP) is 2.71. The minimum Gasteiger partial charge on any atom is -0.497 e. The quantitative estimate of drug-likeness (QED) is 0.468. The van der Waals surface area contributed by atoms with E-state index in [-0.39, 0.29) is 17.2 Å². The van der Waals surface area contributed by atoms with Gasteiger partial charge in [0.2, 0.25) is 5.91 Å². The lowest BCUT2D eigenvalue weighted by atomic mass is 10.1. The van der Waals surface area contributed by atoms with Crippen LogP contribution in [0, 0.1) is 0 Å². The van der Waals surface area contributed by atoms with Crippen LogP contribution >= 0.6 is 27.7 Å². The van der Waals surface area contributed by atoms with Crippen LogP contribution in [0.5, 0.6) is 5.75 Å². The number of thioether (sulfide) groups is 1. The van der Waals surface area contributed by atoms with E-state index < -0.39 is 6.04 Å². The lowest BCUT2D eigenvalue weighted by Gasteiger charge is -2.29. The Bertz CT molecular complexity index is 509. The van der Waals surface area contributed by atoms with Crippen LogP contribution in [0.1, 0.15) is 12.0 Å². The summed E-state index contributed by atoms with van der Waals surface area (Å²) >= 11 is 4.82. The molecule has 0 saturated heterocycles. The number of hydrogen-bond donors (Lipinski definition) is 0. The summed E-state index contributed by atoms with van der Waals surface area (Å²) in [4.78, 5) is 26.0. The summed E-state index contributed by atoms with van der Waals surface area (Å²) in [5.74, 6) is 0.993. The fourth-order valence-electron chi connectivity index (χ4n) is 2.14. The molecule has 7 heteroatoms. The van der Waals surface area contributed by atoms with E-state index in [1.807, 2.05) is 30.5 Å². The van der Waals surface area contributed by atoms with Gasteiger partial charge in [0, 0.05) is 6.54 Å². The maximum absolute atomic E-state index is 12.3. The number of amides is 1. The van der Waals surface area contributed by atoms with Gasteiger partial charge in [-0.1, -0.05) is 28.1 Å². The molecule has 23 heavy (non-hydrogen) atoms. The van der Waals surface area contributed by atoms with Gasteiger partial charge < -0.3 is 14.4 Å². The summed E-state index contributed by atoms with van der Waals surface area (Å²) in [7, 11) is 2.95. The van der Waals surface area contributed by atoms with E-state index in [9.17, 15) is 9.59 Å². The number of esters is 1. The van der Waals surface area contributed by atoms with Crippen LogP contribution in [0.25, 0.3) is 0 Å². The molecular weight excluding hydrogens is 382 g/mol. The molecule has 0 aromatic heterocycles. The molecule has 0 spiro atoms. The van der Waals surface area contributed by atoms with Crippen LogP contribution in [0.3, 0.4) is 0 Å². The zero-order valence-corrected chi connectivity index (χ0v) is 16.0. The third kappa shape index (κ3) is 6.06. The molecular formula is C16H22BrNO4S. The van der Waals surface area contributed by atoms with Gasteiger partial charge >= 0.3 is 5.97 Å². The first-order chi connectivity index (χ1) is 11.1. The molecule has 0 bridgehead atoms. The van der Waals surface area contributed by atoms with Crippen LogP contribution in [-0.4, -0.2) is 54.4 Å². The Morgan fingerprint density at radius 1 is 1.26 bits per heavy atom. The predicted molar refractivity (Wildman–Crippen MR) is 96.1 cm³/mol. The average Bonchev–Trinajstić information content (AvgIpc) is 2.60. The van der Waals surface area contributed by atoms with E-state index >= 15 is 0 Å². The number of ether oxygens (including phenoxy) is 2. The molecule has 0 N–H and O–H groups in total. The molecule has 0 fully saturated rings. The minimum atomic E-state index is -0.584. The SMILES string of the molecule is COC(=O)[C@@H](CCSC)N(Cc1ccc(OC)cc1)C(=O)CBr. The van der Waals surface area contributed by atoms with Crippen molar-refractivity contribution < 1.29 is 19.1 Å². The highest BCUT2D eigenvalue weighted by Gasteiger charge is 2.29. The van der Waals surface area contributed by atoms with Crippen LogP contribution in [0.15, 0.2) is 24.3 Å². The van der Waals surface area contributed by atoms with Crippen molar-refractivity contribution in [3.63, 3.8) is 0 Å². The minimum absolute atomic E-state index is 0.141. The maximum Gasteiger partial charge on any atom is 0.328 e. The highest BCUT2D eigenvalue weighted by Crippen LogP contribution is 2.18. The van der Waals surface area contributed by atoms with E-state index in [0.717, 1.165) is 17.1 Å². The molecule has 1 aromatic rings. The zero-order chi connectivity index (χ0) is 17.2. The number of carbonyl (C=O) groups excluding carboxylic acids is 2. The molecule has 1 rings (SSSR count). The van der Waals surface area contributed by atoms with Crippen molar-refractivity contribution in [2.45, 2.75) is 19.0 Å². The van der Waals surface area contributed by atoms with Crippen molar-refractivity contribution in [1.29, 1.82) is 0 Å². The lowest BCUT2D eigenvalue weighted by molar-refractivity contribution is -0.152. The van der Waals surface area contributed by atoms with Gasteiger partial charge in [0.15, 0.2) is 0 Å². The normalized spacial score (nSPS) is 11.7. The first-order valence-corrected chi connectivity index (χ1v) is 9.64. The number of halogens is 1. The summed E-state index contributed by atoms with van der Waals surface area (Å²) in [6, 6.07) is 6.86. The van der Waals surface area contributed by atoms with E-state index in [1.165, 1.54) is 7.11 Å². The second-order valence-electron chi connectivity index (χ2n) is 4.82. The fraction of sp³-hybridized carbons (Fsp3) is 0.500. The number of nitrogens with zero attached hydrogens (tertiary/aromatic N) is 1. The number of alkyl halides is 1. The Hall–Kier alpha value is -1.21. The molecule has 0 radical (unpaired) electrons. The van der Waals surface area contributed by atoms with E-state index in [4.69, 9.17) is 9.47 Å². The zero-order valence-electron chi connectivity index (χ0n) is 13.6. The largest absolute Gasteiger partial charge is 0.497 e. The van der Waals surface area contributed by atoms with Gasteiger partial charge in [-0.2, -0.15) is 11.8 Å². The van der Waals surface area contributed by atoms with Crippen LogP contribution in [-0.2, 0) is 20.9 Å². The lowest BCUT2D eigenvalue weighted by Crippen LogP contribution is -2.46. The molecule has 0 aliphatic heterocycles. The summed E-state index contributed by atoms with van der Waals surface area (Å²) in [6.45, 7) is 0.350. The molecule has 0 aliphatic carbocycles. The number of benzene rings is 1. The number of carbonyl (C=O) groups is 2. The number of rotatable bonds is 9. The summed E-state index contributed by atoms with van der Waals surface area (Å²) < 4.78 is 10.0. The molecule has 1 amide bonds. The number of methoxy groups -OCH3 is 2. The van der Waals surface area contributed by atoms with E-state index in [2.05, 4.69) is 15.9 Å². The van der Waals surface area contributed by atoms with Crippen molar-refractivity contribution >= 4 is 39.6 Å². The average molecular weight is 404 g/mol. The van der Waals surface area contributed by atoms with Gasteiger partial charge in [-0.05, 0) is 36.1 Å². The molecule has 1 aromatic carbocycles. The third-order valence-corrected chi connectivity index (χ3v) is 4.52. The molecule has 1 atom stereocenters. The number of hydrogen-bond acceptors (Lipinski definition) is 5. The van der Waals surface area contributed by atoms with E-state index in [1.54, 1.807) is 23.8 Å². The molecule has 5 nitrogen and oxygen atoms in total. The smallest absolute Gasteiger partial charge is 0.328 e. The van der Waals surface area contributed by atoms with Crippen molar-refractivity contribution in [2.75, 3.05) is 31.6 Å². The summed E-state index contributed by atoms with van der Waals surface area (Å²) in [5.41, 5.74) is 0.929. The van der Waals surface area contributed by atoms with Crippen molar-refractivity contribution in [1.82, 2.24) is 4.90 Å². The van der Waals surface area contributed by atoms with Crippen LogP contribution < -0.4 is 4.74 Å². The van der Waals surface area contributed by atoms with Gasteiger partial charge in [0.25, 0.3) is 0 Å². The standard InChI is InChI=1S/C16H22BrNO4S/c1-21-13-6-4-12(5-7-13)11-18(15(19)10-17)14(8-9-23-3)16(20)22-2/h4-7,14H,8-11H2,1-3H3/t14-/m1/s1. The van der Waals surface area contributed by atoms with Crippen molar-refractivity contribution in [2.24, 2.45) is 0 Å². The third-order valence-electron chi connectivity index (χ3n) is 3.39. The Kier molecular flexibility index (Phi) is 9.09. The van der Waals surface area contributed by atoms with Gasteiger partial charge in [0.1, 0.15) is 11.8 Å². The molecule has 0 heterocycles. The van der Waals surface area contributed by atoms with Crippen molar-refractivity contribution in [3.05, 3.63) is 29.8 Å². The van der Waals surface area contributed by atoms with E-state index in [0.29, 0.717) is 13.0 Å². The second kappa shape index (κ2) is 10.5. The first-order valence-electron chi connectivity index (χ1n) is 7.12. The second-order valence-corrected chi connectivity index (χ2v) is 6.37. The van der Waals surface area contributed by atoms with Gasteiger partial charge in [-0.15, -0.1) is 0 Å². The topological polar surface area (TPSA) is 55.8 Å². The molecule has 0 aliphatic rings. The monoisotopic (exact) mass is 403 g/mol. The van der Waals surface area contributed by atoms with Gasteiger partial charge in [-0.25, -0.2) is 4.79 Å². The Balaban J connectivity index is 2.99. The van der Waals surface area contributed by atoms with Crippen LogP contribution in [0.2, 0.25) is 0 Å². The summed E-state index contributed by atoms with van der Waals surface area (Å²) in [5, 5.41) is 0.163. The molecule has 0 unspecified atom stereocenters. The van der Waals surface area contributed by atoms with Crippen LogP contribution in [0.4, 0.5) is 0 Å². The van der Waals surface area contributed by atoms with Crippen molar-refractivity contribution in [3.8, 4) is 5.75 Å². The fourth-order valence-corrected chi connectivity index (χ4v) is 2.92. The highest BCUT2D eigenvalue weighted by atomic mass is 79.9.